The lowest BCUT2D eigenvalue weighted by Crippen LogP contribution is -2.16. The number of carbonyl (C=O) groups is 1. The summed E-state index contributed by atoms with van der Waals surface area (Å²) < 4.78 is 0. The summed E-state index contributed by atoms with van der Waals surface area (Å²) in [4.78, 5) is 12.1. The lowest BCUT2D eigenvalue weighted by molar-refractivity contribution is -0.115. The molecule has 4 nitrogen and oxygen atoms in total. The molecule has 0 aliphatic rings. The first-order chi connectivity index (χ1) is 8.99. The highest BCUT2D eigenvalue weighted by molar-refractivity contribution is 5.94. The molecule has 0 spiro atoms. The fraction of sp³-hybridized carbons (Fsp3) is 0.333. The molecular formula is C15H19N3O. The molecule has 1 aromatic heterocycles. The third kappa shape index (κ3) is 2.84. The number of amides is 1. The molecule has 1 amide bonds. The van der Waals surface area contributed by atoms with E-state index in [1.54, 1.807) is 0 Å². The maximum absolute atomic E-state index is 12.1. The molecule has 0 saturated carbocycles. The summed E-state index contributed by atoms with van der Waals surface area (Å²) in [5.74, 6) is -0.00926. The van der Waals surface area contributed by atoms with Crippen LogP contribution < -0.4 is 5.32 Å². The number of H-pyrrole nitrogens is 1. The molecule has 0 atom stereocenters. The SMILES string of the molecule is Cc1cccc(C)c1NC(=O)Cc1c(C)n[nH]c1C. The van der Waals surface area contributed by atoms with E-state index in [0.29, 0.717) is 6.42 Å². The van der Waals surface area contributed by atoms with Crippen LogP contribution in [0.3, 0.4) is 0 Å². The van der Waals surface area contributed by atoms with Gasteiger partial charge in [-0.2, -0.15) is 5.10 Å². The number of nitrogens with one attached hydrogen (secondary N) is 2. The molecule has 4 heteroatoms. The van der Waals surface area contributed by atoms with Gasteiger partial charge in [-0.15, -0.1) is 0 Å². The topological polar surface area (TPSA) is 57.8 Å². The molecule has 1 heterocycles. The Morgan fingerprint density at radius 3 is 2.37 bits per heavy atom. The fourth-order valence-corrected chi connectivity index (χ4v) is 2.19. The molecule has 2 N–H and O–H groups in total. The minimum atomic E-state index is -0.00926. The summed E-state index contributed by atoms with van der Waals surface area (Å²) >= 11 is 0. The molecule has 0 aliphatic carbocycles. The van der Waals surface area contributed by atoms with Gasteiger partial charge < -0.3 is 5.32 Å². The summed E-state index contributed by atoms with van der Waals surface area (Å²) in [7, 11) is 0. The van der Waals surface area contributed by atoms with Gasteiger partial charge in [0.1, 0.15) is 0 Å². The van der Waals surface area contributed by atoms with Crippen molar-refractivity contribution in [3.8, 4) is 0 Å². The average Bonchev–Trinajstić information content (AvgIpc) is 2.66. The van der Waals surface area contributed by atoms with Gasteiger partial charge in [0.2, 0.25) is 5.91 Å². The standard InChI is InChI=1S/C15H19N3O/c1-9-6-5-7-10(2)15(9)16-14(19)8-13-11(3)17-18-12(13)4/h5-7H,8H2,1-4H3,(H,16,19)(H,17,18). The number of anilines is 1. The zero-order valence-corrected chi connectivity index (χ0v) is 11.8. The molecule has 0 radical (unpaired) electrons. The van der Waals surface area contributed by atoms with E-state index >= 15 is 0 Å². The Labute approximate surface area is 113 Å². The summed E-state index contributed by atoms with van der Waals surface area (Å²) in [5, 5.41) is 10.00. The molecule has 19 heavy (non-hydrogen) atoms. The second-order valence-corrected chi connectivity index (χ2v) is 4.90. The van der Waals surface area contributed by atoms with E-state index in [-0.39, 0.29) is 5.91 Å². The molecule has 0 fully saturated rings. The van der Waals surface area contributed by atoms with E-state index in [4.69, 9.17) is 0 Å². The highest BCUT2D eigenvalue weighted by atomic mass is 16.1. The normalized spacial score (nSPS) is 10.5. The Kier molecular flexibility index (Phi) is 3.69. The second-order valence-electron chi connectivity index (χ2n) is 4.90. The van der Waals surface area contributed by atoms with E-state index in [2.05, 4.69) is 15.5 Å². The highest BCUT2D eigenvalue weighted by Gasteiger charge is 2.13. The molecule has 2 rings (SSSR count). The number of aromatic amines is 1. The minimum Gasteiger partial charge on any atom is -0.325 e. The average molecular weight is 257 g/mol. The maximum atomic E-state index is 12.1. The summed E-state index contributed by atoms with van der Waals surface area (Å²) in [6.07, 6.45) is 0.349. The van der Waals surface area contributed by atoms with Crippen molar-refractivity contribution >= 4 is 11.6 Å². The van der Waals surface area contributed by atoms with Gasteiger partial charge in [0.15, 0.2) is 0 Å². The first kappa shape index (κ1) is 13.3. The van der Waals surface area contributed by atoms with Crippen LogP contribution in [-0.4, -0.2) is 16.1 Å². The van der Waals surface area contributed by atoms with Crippen LogP contribution in [0.15, 0.2) is 18.2 Å². The lowest BCUT2D eigenvalue weighted by atomic mass is 10.1. The van der Waals surface area contributed by atoms with Gasteiger partial charge in [0.25, 0.3) is 0 Å². The number of aryl methyl sites for hydroxylation is 4. The Hall–Kier alpha value is -2.10. The van der Waals surface area contributed by atoms with E-state index in [1.807, 2.05) is 45.9 Å². The molecular weight excluding hydrogens is 238 g/mol. The third-order valence-electron chi connectivity index (χ3n) is 3.36. The van der Waals surface area contributed by atoms with Crippen molar-refractivity contribution < 1.29 is 4.79 Å². The maximum Gasteiger partial charge on any atom is 0.228 e. The molecule has 0 bridgehead atoms. The number of para-hydroxylation sites is 1. The highest BCUT2D eigenvalue weighted by Crippen LogP contribution is 2.20. The van der Waals surface area contributed by atoms with Gasteiger partial charge in [-0.3, -0.25) is 9.89 Å². The summed E-state index contributed by atoms with van der Waals surface area (Å²) in [5.41, 5.74) is 5.88. The van der Waals surface area contributed by atoms with Crippen molar-refractivity contribution in [3.05, 3.63) is 46.3 Å². The van der Waals surface area contributed by atoms with Crippen molar-refractivity contribution in [2.24, 2.45) is 0 Å². The predicted molar refractivity (Wildman–Crippen MR) is 76.3 cm³/mol. The zero-order chi connectivity index (χ0) is 14.0. The number of hydrogen-bond acceptors (Lipinski definition) is 2. The van der Waals surface area contributed by atoms with Gasteiger partial charge in [0, 0.05) is 16.9 Å². The number of rotatable bonds is 3. The monoisotopic (exact) mass is 257 g/mol. The van der Waals surface area contributed by atoms with Crippen LogP contribution in [0, 0.1) is 27.7 Å². The van der Waals surface area contributed by atoms with Gasteiger partial charge in [-0.1, -0.05) is 18.2 Å². The van der Waals surface area contributed by atoms with Crippen molar-refractivity contribution in [3.63, 3.8) is 0 Å². The Morgan fingerprint density at radius 2 is 1.84 bits per heavy atom. The van der Waals surface area contributed by atoms with Crippen molar-refractivity contribution in [2.45, 2.75) is 34.1 Å². The van der Waals surface area contributed by atoms with Gasteiger partial charge in [0.05, 0.1) is 12.1 Å². The quantitative estimate of drug-likeness (QED) is 0.888. The predicted octanol–water partition coefficient (Wildman–Crippen LogP) is 2.82. The molecule has 2 aromatic rings. The van der Waals surface area contributed by atoms with Crippen molar-refractivity contribution in [2.75, 3.05) is 5.32 Å². The van der Waals surface area contributed by atoms with Gasteiger partial charge in [-0.05, 0) is 38.8 Å². The summed E-state index contributed by atoms with van der Waals surface area (Å²) in [6, 6.07) is 5.98. The van der Waals surface area contributed by atoms with Crippen LogP contribution in [0.1, 0.15) is 28.1 Å². The van der Waals surface area contributed by atoms with Gasteiger partial charge in [-0.25, -0.2) is 0 Å². The first-order valence-corrected chi connectivity index (χ1v) is 6.35. The third-order valence-corrected chi connectivity index (χ3v) is 3.36. The minimum absolute atomic E-state index is 0.00926. The largest absolute Gasteiger partial charge is 0.325 e. The Balaban J connectivity index is 2.14. The summed E-state index contributed by atoms with van der Waals surface area (Å²) in [6.45, 7) is 7.83. The zero-order valence-electron chi connectivity index (χ0n) is 11.8. The van der Waals surface area contributed by atoms with Crippen molar-refractivity contribution in [1.82, 2.24) is 10.2 Å². The Morgan fingerprint density at radius 1 is 1.21 bits per heavy atom. The second kappa shape index (κ2) is 5.26. The molecule has 0 unspecified atom stereocenters. The first-order valence-electron chi connectivity index (χ1n) is 6.35. The van der Waals surface area contributed by atoms with E-state index < -0.39 is 0 Å². The van der Waals surface area contributed by atoms with Crippen molar-refractivity contribution in [1.29, 1.82) is 0 Å². The van der Waals surface area contributed by atoms with E-state index in [9.17, 15) is 4.79 Å². The Bertz CT molecular complexity index is 574. The lowest BCUT2D eigenvalue weighted by Gasteiger charge is -2.11. The molecule has 0 saturated heterocycles. The molecule has 1 aromatic carbocycles. The van der Waals surface area contributed by atoms with Gasteiger partial charge >= 0.3 is 0 Å². The van der Waals surface area contributed by atoms with E-state index in [0.717, 1.165) is 33.8 Å². The fourth-order valence-electron chi connectivity index (χ4n) is 2.19. The number of benzene rings is 1. The number of hydrogen-bond donors (Lipinski definition) is 2. The van der Waals surface area contributed by atoms with Crippen LogP contribution in [0.5, 0.6) is 0 Å². The van der Waals surface area contributed by atoms with E-state index in [1.165, 1.54) is 0 Å². The van der Waals surface area contributed by atoms with Crippen LogP contribution in [-0.2, 0) is 11.2 Å². The number of carbonyl (C=O) groups excluding carboxylic acids is 1. The van der Waals surface area contributed by atoms with Crippen LogP contribution >= 0.6 is 0 Å². The van der Waals surface area contributed by atoms with Crippen LogP contribution in [0.4, 0.5) is 5.69 Å². The van der Waals surface area contributed by atoms with Crippen LogP contribution in [0.25, 0.3) is 0 Å². The smallest absolute Gasteiger partial charge is 0.228 e. The number of aromatic nitrogens is 2. The number of nitrogens with zero attached hydrogens (tertiary/aromatic N) is 1. The molecule has 100 valence electrons. The van der Waals surface area contributed by atoms with Crippen LogP contribution in [0.2, 0.25) is 0 Å². The molecule has 0 aliphatic heterocycles.